The van der Waals surface area contributed by atoms with Crippen LogP contribution in [-0.2, 0) is 11.2 Å². The fourth-order valence-electron chi connectivity index (χ4n) is 2.19. The van der Waals surface area contributed by atoms with Crippen LogP contribution >= 0.6 is 11.3 Å². The third-order valence-corrected chi connectivity index (χ3v) is 4.07. The van der Waals surface area contributed by atoms with Crippen molar-refractivity contribution in [1.82, 2.24) is 4.98 Å². The van der Waals surface area contributed by atoms with Crippen LogP contribution in [0.4, 0.5) is 5.13 Å². The van der Waals surface area contributed by atoms with E-state index in [1.807, 2.05) is 55.5 Å². The number of rotatable bonds is 5. The van der Waals surface area contributed by atoms with Crippen molar-refractivity contribution in [2.75, 3.05) is 11.9 Å². The van der Waals surface area contributed by atoms with Crippen molar-refractivity contribution in [2.45, 2.75) is 13.3 Å². The Morgan fingerprint density at radius 2 is 2.00 bits per heavy atom. The number of anilines is 1. The number of aromatic nitrogens is 1. The molecule has 22 heavy (non-hydrogen) atoms. The highest BCUT2D eigenvalue weighted by Crippen LogP contribution is 2.32. The first-order chi connectivity index (χ1) is 10.8. The van der Waals surface area contributed by atoms with Crippen LogP contribution in [0, 0.1) is 0 Å². The first-order valence-corrected chi connectivity index (χ1v) is 7.94. The first kappa shape index (κ1) is 14.5. The number of fused-ring (bicyclic) bond motifs is 1. The molecule has 0 bridgehead atoms. The summed E-state index contributed by atoms with van der Waals surface area (Å²) in [5.74, 6) is 0.683. The Morgan fingerprint density at radius 3 is 2.77 bits per heavy atom. The van der Waals surface area contributed by atoms with Crippen LogP contribution in [0.15, 0.2) is 48.5 Å². The average molecular weight is 312 g/mol. The number of hydrogen-bond acceptors (Lipinski definition) is 4. The zero-order valence-corrected chi connectivity index (χ0v) is 13.0. The Hall–Kier alpha value is -2.40. The van der Waals surface area contributed by atoms with E-state index in [0.29, 0.717) is 18.2 Å². The van der Waals surface area contributed by atoms with E-state index in [0.717, 1.165) is 21.5 Å². The lowest BCUT2D eigenvalue weighted by atomic mass is 10.1. The van der Waals surface area contributed by atoms with E-state index >= 15 is 0 Å². The van der Waals surface area contributed by atoms with Gasteiger partial charge in [-0.2, -0.15) is 0 Å². The summed E-state index contributed by atoms with van der Waals surface area (Å²) in [7, 11) is 0. The van der Waals surface area contributed by atoms with Crippen molar-refractivity contribution in [3.63, 3.8) is 0 Å². The molecule has 3 aromatic rings. The number of amides is 1. The minimum atomic E-state index is -0.0665. The molecule has 1 heterocycles. The molecule has 0 aliphatic heterocycles. The van der Waals surface area contributed by atoms with Gasteiger partial charge >= 0.3 is 0 Å². The molecule has 0 aliphatic rings. The number of thiazole rings is 1. The molecule has 3 rings (SSSR count). The van der Waals surface area contributed by atoms with Gasteiger partial charge in [0.25, 0.3) is 0 Å². The van der Waals surface area contributed by atoms with E-state index < -0.39 is 0 Å². The summed E-state index contributed by atoms with van der Waals surface area (Å²) in [5, 5.41) is 3.46. The van der Waals surface area contributed by atoms with Gasteiger partial charge in [0.15, 0.2) is 5.13 Å². The number of ether oxygens (including phenoxy) is 1. The van der Waals surface area contributed by atoms with E-state index in [4.69, 9.17) is 4.74 Å². The maximum atomic E-state index is 12.1. The highest BCUT2D eigenvalue weighted by atomic mass is 32.1. The van der Waals surface area contributed by atoms with Gasteiger partial charge in [-0.1, -0.05) is 47.7 Å². The molecule has 4 nitrogen and oxygen atoms in total. The monoisotopic (exact) mass is 312 g/mol. The van der Waals surface area contributed by atoms with Crippen molar-refractivity contribution in [1.29, 1.82) is 0 Å². The lowest BCUT2D eigenvalue weighted by Crippen LogP contribution is -2.14. The Kier molecular flexibility index (Phi) is 4.34. The Balaban J connectivity index is 1.76. The molecule has 0 radical (unpaired) electrons. The Bertz CT molecular complexity index is 784. The van der Waals surface area contributed by atoms with Gasteiger partial charge in [-0.15, -0.1) is 0 Å². The van der Waals surface area contributed by atoms with Crippen molar-refractivity contribution < 1.29 is 9.53 Å². The molecular weight excluding hydrogens is 296 g/mol. The molecule has 0 fully saturated rings. The van der Waals surface area contributed by atoms with Crippen LogP contribution in [0.2, 0.25) is 0 Å². The van der Waals surface area contributed by atoms with Gasteiger partial charge in [-0.3, -0.25) is 4.79 Å². The summed E-state index contributed by atoms with van der Waals surface area (Å²) in [6, 6.07) is 15.5. The first-order valence-electron chi connectivity index (χ1n) is 7.12. The molecule has 2 aromatic carbocycles. The molecule has 0 aliphatic carbocycles. The number of hydrogen-bond donors (Lipinski definition) is 1. The zero-order valence-electron chi connectivity index (χ0n) is 12.2. The van der Waals surface area contributed by atoms with Gasteiger partial charge < -0.3 is 10.1 Å². The van der Waals surface area contributed by atoms with Gasteiger partial charge in [0.2, 0.25) is 5.91 Å². The number of para-hydroxylation sites is 1. The molecule has 5 heteroatoms. The number of carbonyl (C=O) groups excluding carboxylic acids is 1. The molecule has 0 saturated carbocycles. The predicted molar refractivity (Wildman–Crippen MR) is 89.6 cm³/mol. The molecular formula is C17H16N2O2S. The topological polar surface area (TPSA) is 51.2 Å². The van der Waals surface area contributed by atoms with Gasteiger partial charge in [0.1, 0.15) is 11.3 Å². The standard InChI is InChI=1S/C17H16N2O2S/c1-2-21-13-9-6-10-14-16(13)19-17(22-14)18-15(20)11-12-7-4-3-5-8-12/h3-10H,2,11H2,1H3,(H,18,19,20). The van der Waals surface area contributed by atoms with Crippen molar-refractivity contribution in [3.05, 3.63) is 54.1 Å². The summed E-state index contributed by atoms with van der Waals surface area (Å²) in [6.45, 7) is 2.53. The van der Waals surface area contributed by atoms with E-state index in [-0.39, 0.29) is 5.91 Å². The van der Waals surface area contributed by atoms with Crippen molar-refractivity contribution >= 4 is 32.6 Å². The number of benzene rings is 2. The molecule has 0 spiro atoms. The normalized spacial score (nSPS) is 10.6. The highest BCUT2D eigenvalue weighted by Gasteiger charge is 2.11. The predicted octanol–water partition coefficient (Wildman–Crippen LogP) is 3.88. The van der Waals surface area contributed by atoms with Crippen LogP contribution in [0.1, 0.15) is 12.5 Å². The van der Waals surface area contributed by atoms with E-state index in [1.165, 1.54) is 11.3 Å². The summed E-state index contributed by atoms with van der Waals surface area (Å²) < 4.78 is 6.57. The third-order valence-electron chi connectivity index (χ3n) is 3.14. The molecule has 0 saturated heterocycles. The van der Waals surface area contributed by atoms with Crippen molar-refractivity contribution in [2.24, 2.45) is 0 Å². The molecule has 0 unspecified atom stereocenters. The number of nitrogens with zero attached hydrogens (tertiary/aromatic N) is 1. The summed E-state index contributed by atoms with van der Waals surface area (Å²) in [5.41, 5.74) is 1.78. The summed E-state index contributed by atoms with van der Waals surface area (Å²) >= 11 is 1.45. The Labute approximate surface area is 132 Å². The second-order valence-electron chi connectivity index (χ2n) is 4.77. The smallest absolute Gasteiger partial charge is 0.230 e. The maximum absolute atomic E-state index is 12.1. The lowest BCUT2D eigenvalue weighted by Gasteiger charge is -2.02. The van der Waals surface area contributed by atoms with Gasteiger partial charge in [-0.05, 0) is 24.6 Å². The van der Waals surface area contributed by atoms with Crippen LogP contribution in [0.25, 0.3) is 10.2 Å². The van der Waals surface area contributed by atoms with E-state index in [2.05, 4.69) is 10.3 Å². The second-order valence-corrected chi connectivity index (χ2v) is 5.80. The largest absolute Gasteiger partial charge is 0.492 e. The fraction of sp³-hybridized carbons (Fsp3) is 0.176. The summed E-state index contributed by atoms with van der Waals surface area (Å²) in [6.07, 6.45) is 0.342. The van der Waals surface area contributed by atoms with Crippen LogP contribution < -0.4 is 10.1 Å². The number of carbonyl (C=O) groups is 1. The molecule has 0 atom stereocenters. The van der Waals surface area contributed by atoms with Crippen LogP contribution in [0.5, 0.6) is 5.75 Å². The Morgan fingerprint density at radius 1 is 1.18 bits per heavy atom. The zero-order chi connectivity index (χ0) is 15.4. The number of nitrogens with one attached hydrogen (secondary N) is 1. The lowest BCUT2D eigenvalue weighted by molar-refractivity contribution is -0.115. The van der Waals surface area contributed by atoms with Crippen LogP contribution in [0.3, 0.4) is 0 Å². The second kappa shape index (κ2) is 6.58. The SMILES string of the molecule is CCOc1cccc2sc(NC(=O)Cc3ccccc3)nc12. The maximum Gasteiger partial charge on any atom is 0.230 e. The third kappa shape index (κ3) is 3.26. The van der Waals surface area contributed by atoms with Crippen molar-refractivity contribution in [3.8, 4) is 5.75 Å². The molecule has 112 valence electrons. The van der Waals surface area contributed by atoms with Crippen LogP contribution in [-0.4, -0.2) is 17.5 Å². The van der Waals surface area contributed by atoms with Gasteiger partial charge in [0, 0.05) is 0 Å². The molecule has 1 amide bonds. The quantitative estimate of drug-likeness (QED) is 0.778. The van der Waals surface area contributed by atoms with E-state index in [1.54, 1.807) is 0 Å². The van der Waals surface area contributed by atoms with Gasteiger partial charge in [0.05, 0.1) is 17.7 Å². The van der Waals surface area contributed by atoms with E-state index in [9.17, 15) is 4.79 Å². The molecule has 1 aromatic heterocycles. The minimum absolute atomic E-state index is 0.0665. The minimum Gasteiger partial charge on any atom is -0.492 e. The van der Waals surface area contributed by atoms with Gasteiger partial charge in [-0.25, -0.2) is 4.98 Å². The fourth-order valence-corrected chi connectivity index (χ4v) is 3.09. The summed E-state index contributed by atoms with van der Waals surface area (Å²) in [4.78, 5) is 16.6. The average Bonchev–Trinajstić information content (AvgIpc) is 2.92. The highest BCUT2D eigenvalue weighted by molar-refractivity contribution is 7.22. The molecule has 1 N–H and O–H groups in total.